The van der Waals surface area contributed by atoms with Crippen LogP contribution < -0.4 is 20.7 Å². The predicted octanol–water partition coefficient (Wildman–Crippen LogP) is 3.04. The Hall–Kier alpha value is -4.06. The highest BCUT2D eigenvalue weighted by molar-refractivity contribution is 5.72. The summed E-state index contributed by atoms with van der Waals surface area (Å²) in [6.45, 7) is 0.765. The molecular weight excluding hydrogens is 488 g/mol. The Kier molecular flexibility index (Phi) is 6.06. The second kappa shape index (κ2) is 9.11. The van der Waals surface area contributed by atoms with Crippen molar-refractivity contribution in [2.24, 2.45) is 7.05 Å². The van der Waals surface area contributed by atoms with E-state index in [-0.39, 0.29) is 48.2 Å². The summed E-state index contributed by atoms with van der Waals surface area (Å²) in [5.74, 6) is 0.0192. The van der Waals surface area contributed by atoms with Crippen LogP contribution in [0.2, 0.25) is 0 Å². The molecule has 194 valence electrons. The number of pyridine rings is 1. The van der Waals surface area contributed by atoms with E-state index in [1.54, 1.807) is 24.4 Å². The Labute approximate surface area is 209 Å². The van der Waals surface area contributed by atoms with Gasteiger partial charge in [-0.15, -0.1) is 0 Å². The zero-order chi connectivity index (χ0) is 26.4. The third kappa shape index (κ3) is 5.24. The lowest BCUT2D eigenvalue weighted by molar-refractivity contribution is -0.159. The zero-order valence-electron chi connectivity index (χ0n) is 20.2. The number of benzene rings is 1. The summed E-state index contributed by atoms with van der Waals surface area (Å²) in [6.07, 6.45) is -0.244. The van der Waals surface area contributed by atoms with E-state index in [9.17, 15) is 23.5 Å². The number of hydrogen-bond acceptors (Lipinski definition) is 7. The van der Waals surface area contributed by atoms with Crippen LogP contribution in [-0.4, -0.2) is 40.5 Å². The third-order valence-corrected chi connectivity index (χ3v) is 6.18. The molecule has 0 aliphatic heterocycles. The first-order valence-electron chi connectivity index (χ1n) is 11.7. The lowest BCUT2D eigenvalue weighted by atomic mass is 10.2. The summed E-state index contributed by atoms with van der Waals surface area (Å²) in [7, 11) is 1.49. The number of halogens is 2. The fraction of sp³-hybridized carbons (Fsp3) is 0.360. The average Bonchev–Trinajstić information content (AvgIpc) is 3.47. The van der Waals surface area contributed by atoms with E-state index in [1.807, 2.05) is 0 Å². The van der Waals surface area contributed by atoms with Crippen LogP contribution in [-0.2, 0) is 20.1 Å². The zero-order valence-corrected chi connectivity index (χ0v) is 20.2. The lowest BCUT2D eigenvalue weighted by Gasteiger charge is -2.14. The van der Waals surface area contributed by atoms with Crippen LogP contribution in [0, 0.1) is 0 Å². The van der Waals surface area contributed by atoms with E-state index in [2.05, 4.69) is 14.7 Å². The van der Waals surface area contributed by atoms with Gasteiger partial charge in [0.2, 0.25) is 0 Å². The van der Waals surface area contributed by atoms with E-state index >= 15 is 0 Å². The smallest absolute Gasteiger partial charge is 0.394 e. The molecule has 0 spiro atoms. The van der Waals surface area contributed by atoms with Crippen LogP contribution in [0.5, 0.6) is 17.5 Å². The highest BCUT2D eigenvalue weighted by Gasteiger charge is 2.40. The van der Waals surface area contributed by atoms with Crippen LogP contribution in [0.1, 0.15) is 31.9 Å². The molecule has 12 heteroatoms. The minimum absolute atomic E-state index is 0.0354. The van der Waals surface area contributed by atoms with Crippen molar-refractivity contribution in [3.05, 3.63) is 75.2 Å². The molecule has 1 aliphatic carbocycles. The molecule has 3 aromatic heterocycles. The minimum atomic E-state index is -3.39. The molecule has 0 bridgehead atoms. The molecule has 4 aromatic rings. The number of alkyl halides is 2. The van der Waals surface area contributed by atoms with Crippen molar-refractivity contribution in [2.45, 2.75) is 51.0 Å². The molecule has 1 aliphatic rings. The molecule has 1 N–H and O–H groups in total. The van der Waals surface area contributed by atoms with Gasteiger partial charge in [0.1, 0.15) is 11.5 Å². The van der Waals surface area contributed by atoms with Crippen molar-refractivity contribution >= 4 is 11.2 Å². The maximum absolute atomic E-state index is 13.6. The van der Waals surface area contributed by atoms with Crippen LogP contribution in [0.25, 0.3) is 11.2 Å². The number of nitrogens with zero attached hydrogens (tertiary/aromatic N) is 5. The summed E-state index contributed by atoms with van der Waals surface area (Å²) >= 11 is 0. The second-order valence-electron chi connectivity index (χ2n) is 9.23. The highest BCUT2D eigenvalue weighted by atomic mass is 19.3. The number of ether oxygens (including phenoxy) is 2. The summed E-state index contributed by atoms with van der Waals surface area (Å²) in [6, 6.07) is 10.9. The van der Waals surface area contributed by atoms with Gasteiger partial charge in [-0.3, -0.25) is 23.5 Å². The van der Waals surface area contributed by atoms with Gasteiger partial charge in [-0.25, -0.2) is 4.79 Å². The SMILES string of the molecule is Cn1c(=O)n(CCC2(O)CC2)c(=O)c2c1nc(Oc1cccc(OC(C)(F)F)c1)n2Cc1ccccn1. The first-order valence-corrected chi connectivity index (χ1v) is 11.7. The van der Waals surface area contributed by atoms with Gasteiger partial charge in [0, 0.05) is 32.8 Å². The molecule has 1 saturated carbocycles. The number of aromatic nitrogens is 5. The molecule has 0 saturated heterocycles. The van der Waals surface area contributed by atoms with Crippen molar-refractivity contribution in [3.63, 3.8) is 0 Å². The summed E-state index contributed by atoms with van der Waals surface area (Å²) in [5, 5.41) is 10.2. The van der Waals surface area contributed by atoms with Gasteiger partial charge in [-0.1, -0.05) is 12.1 Å². The highest BCUT2D eigenvalue weighted by Crippen LogP contribution is 2.38. The number of aliphatic hydroxyl groups is 1. The number of hydrogen-bond donors (Lipinski definition) is 1. The molecule has 3 heterocycles. The monoisotopic (exact) mass is 513 g/mol. The normalized spacial score (nSPS) is 14.6. The number of rotatable bonds is 9. The van der Waals surface area contributed by atoms with Crippen LogP contribution in [0.15, 0.2) is 58.3 Å². The quantitative estimate of drug-likeness (QED) is 0.366. The Morgan fingerprint density at radius 1 is 1.11 bits per heavy atom. The molecule has 0 unspecified atom stereocenters. The molecular formula is C25H25F2N5O5. The van der Waals surface area contributed by atoms with Gasteiger partial charge in [0.05, 0.1) is 17.8 Å². The average molecular weight is 514 g/mol. The van der Waals surface area contributed by atoms with Crippen molar-refractivity contribution in [2.75, 3.05) is 0 Å². The van der Waals surface area contributed by atoms with Crippen LogP contribution in [0.3, 0.4) is 0 Å². The number of fused-ring (bicyclic) bond motifs is 1. The Morgan fingerprint density at radius 2 is 1.86 bits per heavy atom. The first-order chi connectivity index (χ1) is 17.5. The minimum Gasteiger partial charge on any atom is -0.433 e. The summed E-state index contributed by atoms with van der Waals surface area (Å²) in [5.41, 5.74) is -1.20. The third-order valence-electron chi connectivity index (χ3n) is 6.18. The predicted molar refractivity (Wildman–Crippen MR) is 129 cm³/mol. The number of imidazole rings is 1. The van der Waals surface area contributed by atoms with E-state index in [4.69, 9.17) is 4.74 Å². The molecule has 0 radical (unpaired) electrons. The Bertz CT molecular complexity index is 1570. The lowest BCUT2D eigenvalue weighted by Crippen LogP contribution is -2.40. The molecule has 37 heavy (non-hydrogen) atoms. The molecule has 1 aromatic carbocycles. The standard InChI is InChI=1S/C25H25F2N5O5/c1-24(26,27)37-18-8-5-7-17(14-18)36-22-29-20-19(32(22)15-16-6-3-4-12-28-16)21(33)31(23(34)30(20)2)13-11-25(35)9-10-25/h3-8,12,14,35H,9-11,13,15H2,1-2H3. The fourth-order valence-electron chi connectivity index (χ4n) is 4.05. The molecule has 0 atom stereocenters. The fourth-order valence-corrected chi connectivity index (χ4v) is 4.05. The molecule has 5 rings (SSSR count). The van der Waals surface area contributed by atoms with Crippen molar-refractivity contribution in [1.82, 2.24) is 23.7 Å². The summed E-state index contributed by atoms with van der Waals surface area (Å²) in [4.78, 5) is 35.3. The van der Waals surface area contributed by atoms with E-state index in [0.29, 0.717) is 25.5 Å². The van der Waals surface area contributed by atoms with E-state index < -0.39 is 23.0 Å². The van der Waals surface area contributed by atoms with Gasteiger partial charge in [-0.2, -0.15) is 13.8 Å². The van der Waals surface area contributed by atoms with Crippen LogP contribution in [0.4, 0.5) is 8.78 Å². The van der Waals surface area contributed by atoms with Crippen LogP contribution >= 0.6 is 0 Å². The molecule has 0 amide bonds. The number of aryl methyl sites for hydroxylation is 1. The maximum Gasteiger partial charge on any atom is 0.394 e. The maximum atomic E-state index is 13.6. The van der Waals surface area contributed by atoms with Gasteiger partial charge >= 0.3 is 17.8 Å². The van der Waals surface area contributed by atoms with Gasteiger partial charge in [0.15, 0.2) is 11.2 Å². The largest absolute Gasteiger partial charge is 0.433 e. The Balaban J connectivity index is 1.62. The topological polar surface area (TPSA) is 113 Å². The van der Waals surface area contributed by atoms with Crippen molar-refractivity contribution < 1.29 is 23.4 Å². The van der Waals surface area contributed by atoms with Gasteiger partial charge in [0.25, 0.3) is 5.56 Å². The van der Waals surface area contributed by atoms with Crippen molar-refractivity contribution in [3.8, 4) is 17.5 Å². The Morgan fingerprint density at radius 3 is 2.54 bits per heavy atom. The molecule has 10 nitrogen and oxygen atoms in total. The molecule has 1 fully saturated rings. The van der Waals surface area contributed by atoms with E-state index in [1.165, 1.54) is 40.4 Å². The first kappa shape index (κ1) is 24.6. The second-order valence-corrected chi connectivity index (χ2v) is 9.23. The van der Waals surface area contributed by atoms with Gasteiger partial charge < -0.3 is 14.6 Å². The summed E-state index contributed by atoms with van der Waals surface area (Å²) < 4.78 is 41.1. The van der Waals surface area contributed by atoms with Gasteiger partial charge in [-0.05, 0) is 43.5 Å². The van der Waals surface area contributed by atoms with E-state index in [0.717, 1.165) is 4.57 Å². The van der Waals surface area contributed by atoms with Crippen molar-refractivity contribution in [1.29, 1.82) is 0 Å².